The highest BCUT2D eigenvalue weighted by Crippen LogP contribution is 2.43. The number of nitriles is 1. The zero-order chi connectivity index (χ0) is 29.8. The summed E-state index contributed by atoms with van der Waals surface area (Å²) in [6.45, 7) is 3.22. The van der Waals surface area contributed by atoms with E-state index in [9.17, 15) is 24.4 Å². The molecule has 2 aromatic carbocycles. The fraction of sp³-hybridized carbons (Fsp3) is 0.214. The van der Waals surface area contributed by atoms with Gasteiger partial charge in [-0.2, -0.15) is 9.94 Å². The lowest BCUT2D eigenvalue weighted by atomic mass is 9.81. The van der Waals surface area contributed by atoms with Gasteiger partial charge < -0.3 is 19.9 Å². The van der Waals surface area contributed by atoms with Crippen LogP contribution in [0, 0.1) is 18.3 Å². The molecular formula is C28H26N6O7. The maximum absolute atomic E-state index is 13.4. The van der Waals surface area contributed by atoms with E-state index in [1.165, 1.54) is 25.1 Å². The Morgan fingerprint density at radius 1 is 1.10 bits per heavy atom. The first-order valence-corrected chi connectivity index (χ1v) is 12.3. The topological polar surface area (TPSA) is 179 Å². The molecule has 0 radical (unpaired) electrons. The molecule has 2 heterocycles. The Hall–Kier alpha value is -5.64. The maximum atomic E-state index is 13.4. The number of amides is 1. The number of carbonyl (C=O) groups is 3. The molecule has 1 unspecified atom stereocenters. The number of hydrogen-bond donors (Lipinski definition) is 2. The van der Waals surface area contributed by atoms with E-state index in [2.05, 4.69) is 16.5 Å². The molecule has 3 aromatic rings. The summed E-state index contributed by atoms with van der Waals surface area (Å²) in [4.78, 5) is 57.5. The zero-order valence-corrected chi connectivity index (χ0v) is 22.6. The molecule has 3 N–H and O–H groups in total. The Labute approximate surface area is 234 Å². The van der Waals surface area contributed by atoms with Crippen LogP contribution in [0.15, 0.2) is 76.0 Å². The van der Waals surface area contributed by atoms with Crippen molar-refractivity contribution < 1.29 is 28.6 Å². The van der Waals surface area contributed by atoms with Crippen molar-refractivity contribution in [2.24, 2.45) is 5.73 Å². The molecule has 4 rings (SSSR count). The van der Waals surface area contributed by atoms with Crippen molar-refractivity contribution in [1.82, 2.24) is 9.66 Å². The summed E-state index contributed by atoms with van der Waals surface area (Å²) in [5.74, 6) is -2.85. The van der Waals surface area contributed by atoms with Gasteiger partial charge in [-0.3, -0.25) is 9.69 Å². The molecule has 13 nitrogen and oxygen atoms in total. The van der Waals surface area contributed by atoms with Gasteiger partial charge in [-0.05, 0) is 37.6 Å². The van der Waals surface area contributed by atoms with Gasteiger partial charge in [-0.15, -0.1) is 0 Å². The van der Waals surface area contributed by atoms with Crippen LogP contribution in [-0.2, 0) is 23.8 Å². The Morgan fingerprint density at radius 3 is 2.39 bits per heavy atom. The van der Waals surface area contributed by atoms with Crippen LogP contribution in [-0.4, -0.2) is 48.5 Å². The number of ether oxygens (including phenoxy) is 3. The molecule has 41 heavy (non-hydrogen) atoms. The molecule has 1 atom stereocenters. The minimum absolute atomic E-state index is 0.0326. The lowest BCUT2D eigenvalue weighted by molar-refractivity contribution is -0.139. The molecule has 0 bridgehead atoms. The van der Waals surface area contributed by atoms with Crippen molar-refractivity contribution in [3.8, 4) is 6.07 Å². The van der Waals surface area contributed by atoms with E-state index in [0.29, 0.717) is 5.56 Å². The lowest BCUT2D eigenvalue weighted by Crippen LogP contribution is -2.41. The number of methoxy groups -OCH3 is 2. The van der Waals surface area contributed by atoms with E-state index in [-0.39, 0.29) is 51.7 Å². The van der Waals surface area contributed by atoms with E-state index < -0.39 is 29.5 Å². The van der Waals surface area contributed by atoms with Gasteiger partial charge in [0.05, 0.1) is 54.9 Å². The Kier molecular flexibility index (Phi) is 8.04. The van der Waals surface area contributed by atoms with Crippen molar-refractivity contribution in [2.75, 3.05) is 31.2 Å². The van der Waals surface area contributed by atoms with Gasteiger partial charge in [0, 0.05) is 5.69 Å². The van der Waals surface area contributed by atoms with Gasteiger partial charge in [0.15, 0.2) is 0 Å². The second-order valence-electron chi connectivity index (χ2n) is 8.67. The predicted molar refractivity (Wildman–Crippen MR) is 147 cm³/mol. The quantitative estimate of drug-likeness (QED) is 0.335. The van der Waals surface area contributed by atoms with Crippen molar-refractivity contribution in [1.29, 1.82) is 5.26 Å². The maximum Gasteiger partial charge on any atom is 0.426 e. The number of nitrogens with one attached hydrogen (secondary N) is 1. The van der Waals surface area contributed by atoms with Gasteiger partial charge in [0.2, 0.25) is 0 Å². The van der Waals surface area contributed by atoms with Crippen LogP contribution in [0.3, 0.4) is 0 Å². The van der Waals surface area contributed by atoms with E-state index in [0.717, 1.165) is 23.8 Å². The van der Waals surface area contributed by atoms with E-state index in [1.807, 2.05) is 0 Å². The molecule has 13 heteroatoms. The summed E-state index contributed by atoms with van der Waals surface area (Å²) in [5.41, 5.74) is 8.63. The monoisotopic (exact) mass is 558 g/mol. The number of hydrogen-bond acceptors (Lipinski definition) is 11. The van der Waals surface area contributed by atoms with Crippen molar-refractivity contribution in [3.63, 3.8) is 0 Å². The second kappa shape index (κ2) is 11.6. The third-order valence-electron chi connectivity index (χ3n) is 6.37. The van der Waals surface area contributed by atoms with Gasteiger partial charge in [0.25, 0.3) is 5.56 Å². The number of allylic oxidation sites excluding steroid dienone is 1. The molecule has 0 saturated heterocycles. The Bertz CT molecular complexity index is 1720. The highest BCUT2D eigenvalue weighted by molar-refractivity contribution is 6.06. The van der Waals surface area contributed by atoms with Crippen LogP contribution in [0.4, 0.5) is 10.5 Å². The van der Waals surface area contributed by atoms with E-state index in [1.54, 1.807) is 37.3 Å². The summed E-state index contributed by atoms with van der Waals surface area (Å²) in [5, 5.41) is 10.2. The molecule has 0 spiro atoms. The van der Waals surface area contributed by atoms with Gasteiger partial charge in [0.1, 0.15) is 17.3 Å². The van der Waals surface area contributed by atoms with Crippen LogP contribution in [0.25, 0.3) is 10.9 Å². The molecule has 1 aliphatic heterocycles. The number of nitrogens with zero attached hydrogens (tertiary/aromatic N) is 4. The number of benzene rings is 2. The summed E-state index contributed by atoms with van der Waals surface area (Å²) in [7, 11) is 2.28. The number of carbonyl (C=O) groups excluding carboxylic acids is 3. The number of rotatable bonds is 6. The van der Waals surface area contributed by atoms with Crippen LogP contribution in [0.1, 0.15) is 24.2 Å². The second-order valence-corrected chi connectivity index (χ2v) is 8.67. The summed E-state index contributed by atoms with van der Waals surface area (Å²) < 4.78 is 15.9. The molecule has 1 amide bonds. The molecule has 1 aliphatic rings. The SMILES string of the molecule is CCOC(=O)Nn1c(C)nc2ccc(N3C(N)=C(C#N)C(c4ccccc4)C(C(=O)OC)=C3C(=O)OC)cc2c1=O. The first-order chi connectivity index (χ1) is 19.7. The predicted octanol–water partition coefficient (Wildman–Crippen LogP) is 2.30. The average Bonchev–Trinajstić information content (AvgIpc) is 2.98. The Morgan fingerprint density at radius 2 is 1.78 bits per heavy atom. The number of fused-ring (bicyclic) bond motifs is 1. The van der Waals surface area contributed by atoms with Crippen LogP contribution >= 0.6 is 0 Å². The van der Waals surface area contributed by atoms with Crippen molar-refractivity contribution in [2.45, 2.75) is 19.8 Å². The fourth-order valence-corrected chi connectivity index (χ4v) is 4.59. The van der Waals surface area contributed by atoms with E-state index in [4.69, 9.17) is 19.9 Å². The lowest BCUT2D eigenvalue weighted by Gasteiger charge is -2.36. The van der Waals surface area contributed by atoms with Gasteiger partial charge >= 0.3 is 18.0 Å². The highest BCUT2D eigenvalue weighted by Gasteiger charge is 2.43. The van der Waals surface area contributed by atoms with Crippen molar-refractivity contribution >= 4 is 34.6 Å². The third-order valence-corrected chi connectivity index (χ3v) is 6.37. The molecule has 1 aromatic heterocycles. The number of esters is 2. The standard InChI is InChI=1S/C28H26N6O7/c1-5-41-28(38)32-34-15(2)31-20-12-11-17(13-18(20)25(34)35)33-23(27(37)40-4)22(26(36)39-3)21(19(14-29)24(33)30)16-9-7-6-8-10-16/h6-13,21H,5,30H2,1-4H3,(H,32,38). The largest absolute Gasteiger partial charge is 0.466 e. The smallest absolute Gasteiger partial charge is 0.426 e. The number of aromatic nitrogens is 2. The average molecular weight is 559 g/mol. The van der Waals surface area contributed by atoms with Crippen LogP contribution < -0.4 is 21.6 Å². The molecule has 0 aliphatic carbocycles. The summed E-state index contributed by atoms with van der Waals surface area (Å²) >= 11 is 0. The minimum atomic E-state index is -1.05. The summed E-state index contributed by atoms with van der Waals surface area (Å²) in [6, 6.07) is 15.0. The summed E-state index contributed by atoms with van der Waals surface area (Å²) in [6.07, 6.45) is -0.859. The van der Waals surface area contributed by atoms with Gasteiger partial charge in [-0.25, -0.2) is 24.8 Å². The zero-order valence-electron chi connectivity index (χ0n) is 22.6. The normalized spacial score (nSPS) is 14.9. The van der Waals surface area contributed by atoms with Crippen LogP contribution in [0.2, 0.25) is 0 Å². The van der Waals surface area contributed by atoms with E-state index >= 15 is 0 Å². The highest BCUT2D eigenvalue weighted by atomic mass is 16.6. The first-order valence-electron chi connectivity index (χ1n) is 12.3. The first kappa shape index (κ1) is 28.4. The molecule has 210 valence electrons. The van der Waals surface area contributed by atoms with Crippen LogP contribution in [0.5, 0.6) is 0 Å². The Balaban J connectivity index is 2.02. The minimum Gasteiger partial charge on any atom is -0.466 e. The van der Waals surface area contributed by atoms with Crippen molar-refractivity contribution in [3.05, 3.63) is 92.9 Å². The number of aryl methyl sites for hydroxylation is 1. The number of nitrogens with two attached hydrogens (primary N) is 1. The molecule has 0 fully saturated rings. The number of anilines is 1. The van der Waals surface area contributed by atoms with Gasteiger partial charge in [-0.1, -0.05) is 30.3 Å². The third kappa shape index (κ3) is 5.06. The fourth-order valence-electron chi connectivity index (χ4n) is 4.59. The molecular weight excluding hydrogens is 532 g/mol. The molecule has 0 saturated carbocycles.